The average Bonchev–Trinajstić information content (AvgIpc) is 3.00. The summed E-state index contributed by atoms with van der Waals surface area (Å²) in [5, 5.41) is 11.1. The van der Waals surface area contributed by atoms with Gasteiger partial charge in [0.2, 0.25) is 0 Å². The fourth-order valence-electron chi connectivity index (χ4n) is 2.81. The minimum atomic E-state index is 0.393. The largest absolute Gasteiger partial charge is 0.497 e. The molecule has 0 bridgehead atoms. The van der Waals surface area contributed by atoms with Gasteiger partial charge in [0.25, 0.3) is 0 Å². The van der Waals surface area contributed by atoms with Crippen LogP contribution in [0.25, 0.3) is 0 Å². The molecule has 7 heteroatoms. The Balaban J connectivity index is 1.76. The Hall–Kier alpha value is -2.70. The van der Waals surface area contributed by atoms with Crippen molar-refractivity contribution >= 4 is 5.96 Å². The Labute approximate surface area is 168 Å². The van der Waals surface area contributed by atoms with Gasteiger partial charge in [-0.1, -0.05) is 6.92 Å². The summed E-state index contributed by atoms with van der Waals surface area (Å²) >= 11 is 0. The third kappa shape index (κ3) is 7.13. The third-order valence-electron chi connectivity index (χ3n) is 4.22. The molecule has 0 amide bonds. The van der Waals surface area contributed by atoms with E-state index < -0.39 is 0 Å². The Kier molecular flexibility index (Phi) is 8.65. The maximum atomic E-state index is 5.74. The molecular weight excluding hydrogens is 354 g/mol. The lowest BCUT2D eigenvalue weighted by Gasteiger charge is -2.14. The Bertz CT molecular complexity index is 740. The molecule has 0 radical (unpaired) electrons. The summed E-state index contributed by atoms with van der Waals surface area (Å²) in [5.41, 5.74) is 2.24. The van der Waals surface area contributed by atoms with Crippen LogP contribution in [0, 0.1) is 19.8 Å². The smallest absolute Gasteiger partial charge is 0.191 e. The number of rotatable bonds is 10. The van der Waals surface area contributed by atoms with E-state index >= 15 is 0 Å². The van der Waals surface area contributed by atoms with Crippen LogP contribution >= 0.6 is 0 Å². The summed E-state index contributed by atoms with van der Waals surface area (Å²) < 4.78 is 12.9. The molecule has 0 aliphatic rings. The second kappa shape index (κ2) is 11.2. The first-order chi connectivity index (χ1) is 13.5. The molecule has 1 atom stereocenters. The molecular formula is C21H33N5O2. The number of guanidine groups is 1. The molecule has 0 saturated carbocycles. The Morgan fingerprint density at radius 1 is 1.18 bits per heavy atom. The Morgan fingerprint density at radius 2 is 1.89 bits per heavy atom. The normalized spacial score (nSPS) is 12.5. The summed E-state index contributed by atoms with van der Waals surface area (Å²) in [5.74, 6) is 2.84. The van der Waals surface area contributed by atoms with Crippen molar-refractivity contribution in [2.45, 2.75) is 34.2 Å². The summed E-state index contributed by atoms with van der Waals surface area (Å²) in [4.78, 5) is 4.69. The summed E-state index contributed by atoms with van der Waals surface area (Å²) in [6.45, 7) is 12.0. The topological polar surface area (TPSA) is 72.7 Å². The zero-order valence-corrected chi connectivity index (χ0v) is 17.7. The van der Waals surface area contributed by atoms with E-state index in [2.05, 4.69) is 47.3 Å². The molecule has 2 N–H and O–H groups in total. The van der Waals surface area contributed by atoms with Crippen molar-refractivity contribution in [1.29, 1.82) is 0 Å². The fraction of sp³-hybridized carbons (Fsp3) is 0.524. The van der Waals surface area contributed by atoms with Crippen molar-refractivity contribution in [2.24, 2.45) is 10.9 Å². The lowest BCUT2D eigenvalue weighted by atomic mass is 10.2. The van der Waals surface area contributed by atoms with E-state index in [1.54, 1.807) is 7.11 Å². The van der Waals surface area contributed by atoms with Crippen LogP contribution in [-0.2, 0) is 6.54 Å². The van der Waals surface area contributed by atoms with E-state index in [0.717, 1.165) is 42.8 Å². The first-order valence-electron chi connectivity index (χ1n) is 9.82. The SMILES string of the molecule is CCNC(=NCC(C)Cn1nc(C)cc1C)NCCOc1ccc(OC)cc1. The quantitative estimate of drug-likeness (QED) is 0.373. The van der Waals surface area contributed by atoms with Gasteiger partial charge in [-0.3, -0.25) is 9.67 Å². The number of nitrogens with zero attached hydrogens (tertiary/aromatic N) is 3. The molecule has 1 aromatic heterocycles. The maximum Gasteiger partial charge on any atom is 0.191 e. The second-order valence-electron chi connectivity index (χ2n) is 6.88. The predicted molar refractivity (Wildman–Crippen MR) is 113 cm³/mol. The van der Waals surface area contributed by atoms with Gasteiger partial charge in [0, 0.05) is 25.3 Å². The number of methoxy groups -OCH3 is 1. The lowest BCUT2D eigenvalue weighted by molar-refractivity contribution is 0.321. The molecule has 0 spiro atoms. The van der Waals surface area contributed by atoms with Crippen LogP contribution in [0.4, 0.5) is 0 Å². The molecule has 28 heavy (non-hydrogen) atoms. The number of ether oxygens (including phenoxy) is 2. The zero-order valence-electron chi connectivity index (χ0n) is 17.7. The van der Waals surface area contributed by atoms with Gasteiger partial charge in [-0.05, 0) is 57.0 Å². The van der Waals surface area contributed by atoms with Crippen molar-refractivity contribution in [2.75, 3.05) is 33.4 Å². The van der Waals surface area contributed by atoms with Crippen LogP contribution in [0.2, 0.25) is 0 Å². The van der Waals surface area contributed by atoms with Gasteiger partial charge in [0.1, 0.15) is 18.1 Å². The fourth-order valence-corrected chi connectivity index (χ4v) is 2.81. The van der Waals surface area contributed by atoms with Gasteiger partial charge in [0.15, 0.2) is 5.96 Å². The molecule has 1 aromatic carbocycles. The molecule has 1 unspecified atom stereocenters. The van der Waals surface area contributed by atoms with Crippen LogP contribution < -0.4 is 20.1 Å². The highest BCUT2D eigenvalue weighted by molar-refractivity contribution is 5.79. The summed E-state index contributed by atoms with van der Waals surface area (Å²) in [7, 11) is 1.65. The zero-order chi connectivity index (χ0) is 20.4. The van der Waals surface area contributed by atoms with Crippen LogP contribution in [0.1, 0.15) is 25.2 Å². The monoisotopic (exact) mass is 387 g/mol. The molecule has 0 saturated heterocycles. The Morgan fingerprint density at radius 3 is 2.50 bits per heavy atom. The van der Waals surface area contributed by atoms with E-state index in [-0.39, 0.29) is 0 Å². The van der Waals surface area contributed by atoms with E-state index in [9.17, 15) is 0 Å². The van der Waals surface area contributed by atoms with Gasteiger partial charge >= 0.3 is 0 Å². The molecule has 0 aliphatic carbocycles. The summed E-state index contributed by atoms with van der Waals surface area (Å²) in [6, 6.07) is 9.68. The van der Waals surface area contributed by atoms with Crippen LogP contribution in [0.5, 0.6) is 11.5 Å². The maximum absolute atomic E-state index is 5.74. The highest BCUT2D eigenvalue weighted by Crippen LogP contribution is 2.16. The molecule has 0 aliphatic heterocycles. The molecule has 2 rings (SSSR count). The number of aliphatic imine (C=N–C) groups is 1. The molecule has 2 aromatic rings. The van der Waals surface area contributed by atoms with Crippen molar-refractivity contribution in [3.8, 4) is 11.5 Å². The minimum absolute atomic E-state index is 0.393. The van der Waals surface area contributed by atoms with Crippen molar-refractivity contribution in [1.82, 2.24) is 20.4 Å². The number of aryl methyl sites for hydroxylation is 2. The molecule has 0 fully saturated rings. The number of aromatic nitrogens is 2. The molecule has 154 valence electrons. The lowest BCUT2D eigenvalue weighted by Crippen LogP contribution is -2.39. The molecule has 7 nitrogen and oxygen atoms in total. The standard InChI is InChI=1S/C21H33N5O2/c1-6-22-21(23-11-12-28-20-9-7-19(27-5)8-10-20)24-14-16(2)15-26-18(4)13-17(3)25-26/h7-10,13,16H,6,11-12,14-15H2,1-5H3,(H2,22,23,24). The highest BCUT2D eigenvalue weighted by Gasteiger charge is 2.07. The third-order valence-corrected chi connectivity index (χ3v) is 4.22. The highest BCUT2D eigenvalue weighted by atomic mass is 16.5. The number of nitrogens with one attached hydrogen (secondary N) is 2. The van der Waals surface area contributed by atoms with Crippen molar-refractivity contribution < 1.29 is 9.47 Å². The van der Waals surface area contributed by atoms with Gasteiger partial charge < -0.3 is 20.1 Å². The van der Waals surface area contributed by atoms with Crippen LogP contribution in [0.3, 0.4) is 0 Å². The summed E-state index contributed by atoms with van der Waals surface area (Å²) in [6.07, 6.45) is 0. The number of hydrogen-bond donors (Lipinski definition) is 2. The van der Waals surface area contributed by atoms with E-state index in [1.165, 1.54) is 5.69 Å². The van der Waals surface area contributed by atoms with Crippen molar-refractivity contribution in [3.05, 3.63) is 41.7 Å². The predicted octanol–water partition coefficient (Wildman–Crippen LogP) is 2.78. The first kappa shape index (κ1) is 21.6. The number of benzene rings is 1. The van der Waals surface area contributed by atoms with Crippen LogP contribution in [0.15, 0.2) is 35.3 Å². The van der Waals surface area contributed by atoms with E-state index in [1.807, 2.05) is 31.2 Å². The van der Waals surface area contributed by atoms with Crippen molar-refractivity contribution in [3.63, 3.8) is 0 Å². The minimum Gasteiger partial charge on any atom is -0.497 e. The van der Waals surface area contributed by atoms with Gasteiger partial charge in [0.05, 0.1) is 19.3 Å². The van der Waals surface area contributed by atoms with E-state index in [4.69, 9.17) is 14.5 Å². The van der Waals surface area contributed by atoms with Crippen LogP contribution in [-0.4, -0.2) is 49.1 Å². The van der Waals surface area contributed by atoms with Gasteiger partial charge in [-0.15, -0.1) is 0 Å². The number of hydrogen-bond acceptors (Lipinski definition) is 4. The first-order valence-corrected chi connectivity index (χ1v) is 9.82. The van der Waals surface area contributed by atoms with E-state index in [0.29, 0.717) is 19.1 Å². The van der Waals surface area contributed by atoms with Gasteiger partial charge in [-0.2, -0.15) is 5.10 Å². The average molecular weight is 388 g/mol. The van der Waals surface area contributed by atoms with Gasteiger partial charge in [-0.25, -0.2) is 0 Å². The second-order valence-corrected chi connectivity index (χ2v) is 6.88. The molecule has 1 heterocycles.